The van der Waals surface area contributed by atoms with E-state index in [1.54, 1.807) is 0 Å². The van der Waals surface area contributed by atoms with Crippen LogP contribution in [0.25, 0.3) is 0 Å². The van der Waals surface area contributed by atoms with Gasteiger partial charge in [0.05, 0.1) is 6.42 Å². The Kier molecular flexibility index (Phi) is 3.13. The Labute approximate surface area is 74.7 Å². The van der Waals surface area contributed by atoms with Crippen molar-refractivity contribution in [1.29, 1.82) is 0 Å². The van der Waals surface area contributed by atoms with Crippen molar-refractivity contribution in [2.75, 3.05) is 6.61 Å². The number of ether oxygens (including phenoxy) is 1. The molecule has 13 heavy (non-hydrogen) atoms. The van der Waals surface area contributed by atoms with Gasteiger partial charge in [0.15, 0.2) is 5.78 Å². The summed E-state index contributed by atoms with van der Waals surface area (Å²) in [5.41, 5.74) is 0. The quantitative estimate of drug-likeness (QED) is 0.484. The van der Waals surface area contributed by atoms with E-state index in [0.29, 0.717) is 13.0 Å². The molecule has 5 heteroatoms. The molecule has 72 valence electrons. The van der Waals surface area contributed by atoms with Gasteiger partial charge in [-0.15, -0.1) is 0 Å². The molecule has 1 aliphatic rings. The summed E-state index contributed by atoms with van der Waals surface area (Å²) in [5, 5.41) is 8.23. The van der Waals surface area contributed by atoms with E-state index in [4.69, 9.17) is 9.84 Å². The molecule has 1 fully saturated rings. The van der Waals surface area contributed by atoms with Gasteiger partial charge in [-0.3, -0.25) is 9.59 Å². The van der Waals surface area contributed by atoms with Crippen LogP contribution >= 0.6 is 0 Å². The van der Waals surface area contributed by atoms with E-state index in [-0.39, 0.29) is 0 Å². The number of carbonyl (C=O) groups is 3. The molecule has 0 aliphatic carbocycles. The molecule has 1 aliphatic heterocycles. The third-order valence-electron chi connectivity index (χ3n) is 1.86. The van der Waals surface area contributed by atoms with Crippen LogP contribution < -0.4 is 0 Å². The lowest BCUT2D eigenvalue weighted by atomic mass is 10.1. The molecule has 1 heterocycles. The molecular weight excluding hydrogens is 176 g/mol. The molecule has 5 nitrogen and oxygen atoms in total. The first-order valence-corrected chi connectivity index (χ1v) is 4.01. The Morgan fingerprint density at radius 3 is 2.54 bits per heavy atom. The van der Waals surface area contributed by atoms with E-state index < -0.39 is 30.1 Å². The number of carbonyl (C=O) groups excluding carboxylic acids is 2. The Bertz CT molecular complexity index is 239. The zero-order chi connectivity index (χ0) is 9.84. The van der Waals surface area contributed by atoms with E-state index in [1.807, 2.05) is 0 Å². The zero-order valence-electron chi connectivity index (χ0n) is 6.99. The monoisotopic (exact) mass is 186 g/mol. The SMILES string of the molecule is O=C(O)C(=O)CC(=O)C1CCCO1. The molecule has 0 aromatic carbocycles. The molecule has 0 spiro atoms. The first-order chi connectivity index (χ1) is 6.11. The third-order valence-corrected chi connectivity index (χ3v) is 1.86. The molecule has 1 saturated heterocycles. The van der Waals surface area contributed by atoms with Gasteiger partial charge in [0.2, 0.25) is 5.78 Å². The highest BCUT2D eigenvalue weighted by Crippen LogP contribution is 2.14. The largest absolute Gasteiger partial charge is 0.475 e. The molecule has 1 N–H and O–H groups in total. The van der Waals surface area contributed by atoms with E-state index in [2.05, 4.69) is 0 Å². The minimum absolute atomic E-state index is 0.426. The Balaban J connectivity index is 2.40. The first kappa shape index (κ1) is 9.85. The molecule has 0 radical (unpaired) electrons. The second kappa shape index (κ2) is 4.13. The summed E-state index contributed by atoms with van der Waals surface area (Å²) < 4.78 is 5.00. The summed E-state index contributed by atoms with van der Waals surface area (Å²) in [7, 11) is 0. The van der Waals surface area contributed by atoms with Crippen LogP contribution in [0.4, 0.5) is 0 Å². The van der Waals surface area contributed by atoms with E-state index in [1.165, 1.54) is 0 Å². The average molecular weight is 186 g/mol. The summed E-state index contributed by atoms with van der Waals surface area (Å²) >= 11 is 0. The highest BCUT2D eigenvalue weighted by molar-refractivity contribution is 6.36. The number of hydrogen-bond donors (Lipinski definition) is 1. The van der Waals surface area contributed by atoms with Crippen LogP contribution in [0.1, 0.15) is 19.3 Å². The van der Waals surface area contributed by atoms with Gasteiger partial charge < -0.3 is 9.84 Å². The molecule has 0 amide bonds. The molecule has 0 aromatic heterocycles. The molecule has 0 aromatic rings. The number of hydrogen-bond acceptors (Lipinski definition) is 4. The van der Waals surface area contributed by atoms with Crippen LogP contribution in [0.15, 0.2) is 0 Å². The van der Waals surface area contributed by atoms with Gasteiger partial charge in [0.25, 0.3) is 0 Å². The smallest absolute Gasteiger partial charge is 0.372 e. The van der Waals surface area contributed by atoms with Crippen LogP contribution in [0.2, 0.25) is 0 Å². The maximum Gasteiger partial charge on any atom is 0.372 e. The van der Waals surface area contributed by atoms with Gasteiger partial charge in [-0.1, -0.05) is 0 Å². The lowest BCUT2D eigenvalue weighted by molar-refractivity contribution is -0.151. The highest BCUT2D eigenvalue weighted by atomic mass is 16.5. The zero-order valence-corrected chi connectivity index (χ0v) is 6.99. The van der Waals surface area contributed by atoms with Crippen molar-refractivity contribution in [2.45, 2.75) is 25.4 Å². The van der Waals surface area contributed by atoms with Crippen molar-refractivity contribution in [3.05, 3.63) is 0 Å². The molecule has 0 saturated carbocycles. The number of carboxylic acids is 1. The van der Waals surface area contributed by atoms with Crippen LogP contribution in [-0.2, 0) is 19.1 Å². The third kappa shape index (κ3) is 2.62. The Morgan fingerprint density at radius 1 is 1.38 bits per heavy atom. The Morgan fingerprint density at radius 2 is 2.08 bits per heavy atom. The van der Waals surface area contributed by atoms with Crippen LogP contribution in [-0.4, -0.2) is 35.4 Å². The predicted octanol–water partition coefficient (Wildman–Crippen LogP) is -0.222. The standard InChI is InChI=1S/C8H10O5/c9-5(4-6(10)8(11)12)7-2-1-3-13-7/h7H,1-4H2,(H,11,12). The van der Waals surface area contributed by atoms with Crippen molar-refractivity contribution < 1.29 is 24.2 Å². The lowest BCUT2D eigenvalue weighted by Crippen LogP contribution is -2.25. The van der Waals surface area contributed by atoms with Gasteiger partial charge in [0.1, 0.15) is 6.10 Å². The van der Waals surface area contributed by atoms with Crippen molar-refractivity contribution in [1.82, 2.24) is 0 Å². The van der Waals surface area contributed by atoms with Crippen molar-refractivity contribution >= 4 is 17.5 Å². The second-order valence-electron chi connectivity index (χ2n) is 2.87. The van der Waals surface area contributed by atoms with Gasteiger partial charge in [-0.25, -0.2) is 4.79 Å². The van der Waals surface area contributed by atoms with Crippen LogP contribution in [0, 0.1) is 0 Å². The minimum atomic E-state index is -1.56. The molecule has 1 atom stereocenters. The summed E-state index contributed by atoms with van der Waals surface area (Å²) in [6.45, 7) is 0.512. The predicted molar refractivity (Wildman–Crippen MR) is 41.2 cm³/mol. The van der Waals surface area contributed by atoms with Crippen molar-refractivity contribution in [2.24, 2.45) is 0 Å². The van der Waals surface area contributed by atoms with Crippen LogP contribution in [0.3, 0.4) is 0 Å². The minimum Gasteiger partial charge on any atom is -0.475 e. The molecule has 0 bridgehead atoms. The molecule has 1 rings (SSSR count). The maximum atomic E-state index is 11.2. The topological polar surface area (TPSA) is 80.7 Å². The molecular formula is C8H10O5. The van der Waals surface area contributed by atoms with Crippen LogP contribution in [0.5, 0.6) is 0 Å². The normalized spacial score (nSPS) is 21.4. The van der Waals surface area contributed by atoms with Crippen molar-refractivity contribution in [3.8, 4) is 0 Å². The number of ketones is 2. The highest BCUT2D eigenvalue weighted by Gasteiger charge is 2.27. The summed E-state index contributed by atoms with van der Waals surface area (Å²) in [5.74, 6) is -3.06. The van der Waals surface area contributed by atoms with Gasteiger partial charge in [-0.2, -0.15) is 0 Å². The summed E-state index contributed by atoms with van der Waals surface area (Å²) in [4.78, 5) is 31.9. The maximum absolute atomic E-state index is 11.2. The fraction of sp³-hybridized carbons (Fsp3) is 0.625. The summed E-state index contributed by atoms with van der Waals surface area (Å²) in [6.07, 6.45) is 0.256. The fourth-order valence-electron chi connectivity index (χ4n) is 1.18. The van der Waals surface area contributed by atoms with Gasteiger partial charge >= 0.3 is 5.97 Å². The Hall–Kier alpha value is -1.23. The van der Waals surface area contributed by atoms with E-state index >= 15 is 0 Å². The lowest BCUT2D eigenvalue weighted by Gasteiger charge is -2.05. The second-order valence-corrected chi connectivity index (χ2v) is 2.87. The first-order valence-electron chi connectivity index (χ1n) is 4.01. The molecule has 1 unspecified atom stereocenters. The number of Topliss-reactive ketones (excluding diaryl/α,β-unsaturated/α-hetero) is 2. The van der Waals surface area contributed by atoms with Gasteiger partial charge in [-0.05, 0) is 12.8 Å². The fourth-order valence-corrected chi connectivity index (χ4v) is 1.18. The van der Waals surface area contributed by atoms with Crippen molar-refractivity contribution in [3.63, 3.8) is 0 Å². The number of carboxylic acid groups (broad SMARTS) is 1. The summed E-state index contributed by atoms with van der Waals surface area (Å²) in [6, 6.07) is 0. The van der Waals surface area contributed by atoms with E-state index in [0.717, 1.165) is 6.42 Å². The number of rotatable bonds is 4. The average Bonchev–Trinajstić information content (AvgIpc) is 2.55. The van der Waals surface area contributed by atoms with E-state index in [9.17, 15) is 14.4 Å². The number of aliphatic carboxylic acids is 1. The van der Waals surface area contributed by atoms with Gasteiger partial charge in [0, 0.05) is 6.61 Å².